The molecule has 0 saturated heterocycles. The lowest BCUT2D eigenvalue weighted by molar-refractivity contribution is 0.216. The molecular weight excluding hydrogens is 364 g/mol. The minimum atomic E-state index is 0.253. The Balaban J connectivity index is 1.93. The zero-order valence-electron chi connectivity index (χ0n) is 14.8. The van der Waals surface area contributed by atoms with Crippen molar-refractivity contribution in [3.05, 3.63) is 76.0 Å². The molecule has 1 aromatic rings. The van der Waals surface area contributed by atoms with Gasteiger partial charge in [0, 0.05) is 33.2 Å². The summed E-state index contributed by atoms with van der Waals surface area (Å²) in [4.78, 5) is 6.70. The predicted molar refractivity (Wildman–Crippen MR) is 111 cm³/mol. The van der Waals surface area contributed by atoms with Crippen LogP contribution in [0.5, 0.6) is 0 Å². The van der Waals surface area contributed by atoms with Gasteiger partial charge in [0.25, 0.3) is 0 Å². The third-order valence-corrected chi connectivity index (χ3v) is 5.93. The fourth-order valence-electron chi connectivity index (χ4n) is 3.01. The fourth-order valence-corrected chi connectivity index (χ4v) is 4.15. The third-order valence-electron chi connectivity index (χ3n) is 4.52. The molecule has 1 aromatic carbocycles. The Labute approximate surface area is 164 Å². The molecule has 0 spiro atoms. The van der Waals surface area contributed by atoms with E-state index in [1.807, 2.05) is 37.3 Å². The van der Waals surface area contributed by atoms with Crippen molar-refractivity contribution in [1.29, 1.82) is 0 Å². The average Bonchev–Trinajstić information content (AvgIpc) is 2.98. The molecule has 136 valence electrons. The highest BCUT2D eigenvalue weighted by molar-refractivity contribution is 8.03. The van der Waals surface area contributed by atoms with Crippen LogP contribution in [0.15, 0.2) is 80.8 Å². The van der Waals surface area contributed by atoms with Crippen LogP contribution in [0.25, 0.3) is 0 Å². The number of aliphatic hydroxyl groups is 1. The van der Waals surface area contributed by atoms with E-state index in [2.05, 4.69) is 23.0 Å². The maximum absolute atomic E-state index is 9.38. The van der Waals surface area contributed by atoms with E-state index in [1.165, 1.54) is 5.57 Å². The normalized spacial score (nSPS) is 22.3. The molecule has 0 bridgehead atoms. The number of aliphatic hydroxyl groups excluding tert-OH is 1. The van der Waals surface area contributed by atoms with Crippen molar-refractivity contribution < 1.29 is 5.11 Å². The van der Waals surface area contributed by atoms with E-state index in [1.54, 1.807) is 18.0 Å². The summed E-state index contributed by atoms with van der Waals surface area (Å²) in [5, 5.41) is 13.6. The second-order valence-corrected chi connectivity index (χ2v) is 7.90. The van der Waals surface area contributed by atoms with Crippen molar-refractivity contribution in [3.63, 3.8) is 0 Å². The molecule has 0 fully saturated rings. The van der Waals surface area contributed by atoms with E-state index in [4.69, 9.17) is 11.6 Å². The number of rotatable bonds is 5. The first kappa shape index (κ1) is 19.0. The standard InChI is InChI=1S/C21H23ClN2OS/c1-3-12-23-21-14(2)20(26-18-10-8-17(22)9-11-18)19(24-21)16-6-4-15(13-25)5-7-16/h3,6,8-12,15,25H,2,4-5,7,13H2,1H3,(H,23,24). The van der Waals surface area contributed by atoms with Crippen LogP contribution in [0.2, 0.25) is 5.02 Å². The maximum atomic E-state index is 9.38. The highest BCUT2D eigenvalue weighted by atomic mass is 35.5. The number of hydrogen-bond acceptors (Lipinski definition) is 3. The maximum Gasteiger partial charge on any atom is 0.138 e. The summed E-state index contributed by atoms with van der Waals surface area (Å²) in [6, 6.07) is 7.83. The number of allylic oxidation sites excluding steroid dienone is 3. The van der Waals surface area contributed by atoms with Gasteiger partial charge in [-0.15, -0.1) is 0 Å². The number of aliphatic imine (C=N–C) groups is 1. The van der Waals surface area contributed by atoms with Gasteiger partial charge >= 0.3 is 0 Å². The van der Waals surface area contributed by atoms with E-state index in [9.17, 15) is 5.11 Å². The van der Waals surface area contributed by atoms with Crippen LogP contribution in [0.4, 0.5) is 0 Å². The van der Waals surface area contributed by atoms with Crippen LogP contribution >= 0.6 is 23.4 Å². The zero-order valence-corrected chi connectivity index (χ0v) is 16.4. The number of halogens is 1. The summed E-state index contributed by atoms with van der Waals surface area (Å²) >= 11 is 7.69. The number of thioether (sulfide) groups is 1. The highest BCUT2D eigenvalue weighted by Crippen LogP contribution is 2.41. The largest absolute Gasteiger partial charge is 0.396 e. The van der Waals surface area contributed by atoms with Crippen LogP contribution in [0.1, 0.15) is 26.2 Å². The molecular formula is C21H23ClN2OS. The number of amidine groups is 1. The summed E-state index contributed by atoms with van der Waals surface area (Å²) < 4.78 is 0. The van der Waals surface area contributed by atoms with Crippen molar-refractivity contribution in [2.24, 2.45) is 10.9 Å². The summed E-state index contributed by atoms with van der Waals surface area (Å²) in [5.74, 6) is 1.16. The summed E-state index contributed by atoms with van der Waals surface area (Å²) in [7, 11) is 0. The average molecular weight is 387 g/mol. The van der Waals surface area contributed by atoms with Gasteiger partial charge in [0.2, 0.25) is 0 Å². The van der Waals surface area contributed by atoms with Crippen molar-refractivity contribution in [2.75, 3.05) is 6.61 Å². The van der Waals surface area contributed by atoms with E-state index in [0.717, 1.165) is 51.2 Å². The Morgan fingerprint density at radius 3 is 2.77 bits per heavy atom. The van der Waals surface area contributed by atoms with E-state index in [0.29, 0.717) is 5.92 Å². The number of nitrogens with zero attached hydrogens (tertiary/aromatic N) is 1. The van der Waals surface area contributed by atoms with E-state index < -0.39 is 0 Å². The molecule has 1 unspecified atom stereocenters. The van der Waals surface area contributed by atoms with Crippen molar-refractivity contribution in [3.8, 4) is 0 Å². The van der Waals surface area contributed by atoms with Gasteiger partial charge in [-0.2, -0.15) is 0 Å². The second kappa shape index (κ2) is 8.76. The van der Waals surface area contributed by atoms with Gasteiger partial charge < -0.3 is 10.4 Å². The van der Waals surface area contributed by atoms with Gasteiger partial charge in [0.1, 0.15) is 5.84 Å². The van der Waals surface area contributed by atoms with Gasteiger partial charge in [0.15, 0.2) is 0 Å². The van der Waals surface area contributed by atoms with Crippen LogP contribution in [0.3, 0.4) is 0 Å². The van der Waals surface area contributed by atoms with Crippen molar-refractivity contribution >= 4 is 29.2 Å². The smallest absolute Gasteiger partial charge is 0.138 e. The Bertz CT molecular complexity index is 806. The van der Waals surface area contributed by atoms with Crippen LogP contribution in [-0.2, 0) is 0 Å². The highest BCUT2D eigenvalue weighted by Gasteiger charge is 2.28. The Morgan fingerprint density at radius 2 is 2.15 bits per heavy atom. The molecule has 0 radical (unpaired) electrons. The van der Waals surface area contributed by atoms with Gasteiger partial charge in [-0.3, -0.25) is 0 Å². The molecule has 2 aliphatic rings. The topological polar surface area (TPSA) is 44.6 Å². The summed E-state index contributed by atoms with van der Waals surface area (Å²) in [6.07, 6.45) is 8.77. The second-order valence-electron chi connectivity index (χ2n) is 6.38. The number of nitrogens with one attached hydrogen (secondary N) is 1. The Hall–Kier alpha value is -1.75. The predicted octanol–water partition coefficient (Wildman–Crippen LogP) is 5.45. The number of benzene rings is 1. The van der Waals surface area contributed by atoms with Crippen LogP contribution in [-0.4, -0.2) is 17.5 Å². The van der Waals surface area contributed by atoms with Crippen molar-refractivity contribution in [2.45, 2.75) is 31.1 Å². The quantitative estimate of drug-likeness (QED) is 0.706. The first-order valence-electron chi connectivity index (χ1n) is 8.76. The lowest BCUT2D eigenvalue weighted by atomic mass is 9.89. The molecule has 1 heterocycles. The lowest BCUT2D eigenvalue weighted by Gasteiger charge is -2.21. The molecule has 0 saturated carbocycles. The molecule has 1 aliphatic carbocycles. The molecule has 3 nitrogen and oxygen atoms in total. The van der Waals surface area contributed by atoms with E-state index >= 15 is 0 Å². The Kier molecular flexibility index (Phi) is 6.41. The molecule has 3 rings (SSSR count). The molecule has 0 amide bonds. The SMILES string of the molecule is C=C1C(=NC=CC)NC(C2=CCC(CO)CC2)=C1Sc1ccc(Cl)cc1. The number of hydrogen-bond donors (Lipinski definition) is 2. The first-order valence-corrected chi connectivity index (χ1v) is 9.95. The summed E-state index contributed by atoms with van der Waals surface area (Å²) in [5.41, 5.74) is 3.27. The molecule has 5 heteroatoms. The van der Waals surface area contributed by atoms with Crippen molar-refractivity contribution in [1.82, 2.24) is 5.32 Å². The zero-order chi connectivity index (χ0) is 18.5. The van der Waals surface area contributed by atoms with Gasteiger partial charge in [0.05, 0.1) is 5.70 Å². The van der Waals surface area contributed by atoms with E-state index in [-0.39, 0.29) is 6.61 Å². The molecule has 2 N–H and O–H groups in total. The Morgan fingerprint density at radius 1 is 1.38 bits per heavy atom. The molecule has 1 aliphatic heterocycles. The molecule has 0 aromatic heterocycles. The first-order chi connectivity index (χ1) is 12.6. The van der Waals surface area contributed by atoms with Gasteiger partial charge in [-0.1, -0.05) is 42.1 Å². The van der Waals surface area contributed by atoms with Crippen LogP contribution in [0, 0.1) is 5.92 Å². The van der Waals surface area contributed by atoms with Crippen LogP contribution < -0.4 is 5.32 Å². The van der Waals surface area contributed by atoms with Gasteiger partial charge in [-0.25, -0.2) is 4.99 Å². The lowest BCUT2D eigenvalue weighted by Crippen LogP contribution is -2.20. The fraction of sp³-hybridized carbons (Fsp3) is 0.286. The minimum Gasteiger partial charge on any atom is -0.396 e. The third kappa shape index (κ3) is 4.32. The summed E-state index contributed by atoms with van der Waals surface area (Å²) in [6.45, 7) is 6.46. The molecule has 26 heavy (non-hydrogen) atoms. The molecule has 1 atom stereocenters. The monoisotopic (exact) mass is 386 g/mol. The van der Waals surface area contributed by atoms with Gasteiger partial charge in [-0.05, 0) is 61.9 Å². The minimum absolute atomic E-state index is 0.253.